The molecule has 0 aliphatic rings. The number of para-hydroxylation sites is 1. The smallest absolute Gasteiger partial charge is 0.106 e. The van der Waals surface area contributed by atoms with E-state index < -0.39 is 0 Å². The summed E-state index contributed by atoms with van der Waals surface area (Å²) in [6.45, 7) is 6.68. The third-order valence-electron chi connectivity index (χ3n) is 2.77. The van der Waals surface area contributed by atoms with Gasteiger partial charge in [0.2, 0.25) is 0 Å². The van der Waals surface area contributed by atoms with Crippen LogP contribution in [0.2, 0.25) is 0 Å². The summed E-state index contributed by atoms with van der Waals surface area (Å²) in [7, 11) is 0. The number of benzene rings is 1. The van der Waals surface area contributed by atoms with Crippen molar-refractivity contribution >= 4 is 22.9 Å². The first-order valence-electron chi connectivity index (χ1n) is 6.16. The number of hydrogen-bond acceptors (Lipinski definition) is 2. The van der Waals surface area contributed by atoms with Gasteiger partial charge in [0.1, 0.15) is 4.99 Å². The van der Waals surface area contributed by atoms with Crippen molar-refractivity contribution in [3.05, 3.63) is 29.8 Å². The van der Waals surface area contributed by atoms with E-state index in [0.29, 0.717) is 11.0 Å². The first kappa shape index (κ1) is 14.0. The van der Waals surface area contributed by atoms with Crippen LogP contribution in [0, 0.1) is 5.92 Å². The van der Waals surface area contributed by atoms with Gasteiger partial charge in [-0.3, -0.25) is 0 Å². The predicted molar refractivity (Wildman–Crippen MR) is 79.5 cm³/mol. The van der Waals surface area contributed by atoms with Gasteiger partial charge < -0.3 is 11.1 Å². The summed E-state index contributed by atoms with van der Waals surface area (Å²) in [6, 6.07) is 8.38. The van der Waals surface area contributed by atoms with Crippen LogP contribution in [0.5, 0.6) is 0 Å². The van der Waals surface area contributed by atoms with Crippen LogP contribution in [0.1, 0.15) is 39.2 Å². The maximum absolute atomic E-state index is 5.70. The molecule has 2 nitrogen and oxygen atoms in total. The predicted octanol–water partition coefficient (Wildman–Crippen LogP) is 3.56. The van der Waals surface area contributed by atoms with Crippen molar-refractivity contribution in [3.8, 4) is 0 Å². The number of rotatable bonds is 6. The fraction of sp³-hybridized carbons (Fsp3) is 0.500. The molecule has 94 valence electrons. The molecule has 0 fully saturated rings. The SMILES string of the molecule is CC(C)CCC(C)Nc1ccccc1C(N)=S. The summed E-state index contributed by atoms with van der Waals surface area (Å²) in [5.74, 6) is 0.741. The zero-order valence-corrected chi connectivity index (χ0v) is 11.7. The fourth-order valence-corrected chi connectivity index (χ4v) is 1.92. The summed E-state index contributed by atoms with van der Waals surface area (Å²) in [5, 5.41) is 3.48. The van der Waals surface area contributed by atoms with Gasteiger partial charge >= 0.3 is 0 Å². The second kappa shape index (κ2) is 6.60. The highest BCUT2D eigenvalue weighted by Crippen LogP contribution is 2.18. The first-order valence-corrected chi connectivity index (χ1v) is 6.57. The van der Waals surface area contributed by atoms with Crippen molar-refractivity contribution < 1.29 is 0 Å². The van der Waals surface area contributed by atoms with Crippen LogP contribution in [0.15, 0.2) is 24.3 Å². The topological polar surface area (TPSA) is 38.0 Å². The molecule has 1 atom stereocenters. The molecule has 0 spiro atoms. The molecule has 1 unspecified atom stereocenters. The summed E-state index contributed by atoms with van der Waals surface area (Å²) in [6.07, 6.45) is 2.38. The van der Waals surface area contributed by atoms with Crippen LogP contribution in [0.3, 0.4) is 0 Å². The molecule has 0 saturated carbocycles. The molecule has 0 aromatic heterocycles. The lowest BCUT2D eigenvalue weighted by molar-refractivity contribution is 0.527. The van der Waals surface area contributed by atoms with Gasteiger partial charge in [-0.15, -0.1) is 0 Å². The number of nitrogens with one attached hydrogen (secondary N) is 1. The van der Waals surface area contributed by atoms with Crippen molar-refractivity contribution in [2.45, 2.75) is 39.7 Å². The number of nitrogens with two attached hydrogens (primary N) is 1. The minimum Gasteiger partial charge on any atom is -0.389 e. The van der Waals surface area contributed by atoms with E-state index in [0.717, 1.165) is 23.6 Å². The molecule has 1 aromatic carbocycles. The van der Waals surface area contributed by atoms with Crippen molar-refractivity contribution in [2.75, 3.05) is 5.32 Å². The zero-order chi connectivity index (χ0) is 12.8. The van der Waals surface area contributed by atoms with Crippen LogP contribution in [0.25, 0.3) is 0 Å². The van der Waals surface area contributed by atoms with E-state index in [-0.39, 0.29) is 0 Å². The maximum Gasteiger partial charge on any atom is 0.106 e. The molecule has 0 amide bonds. The Balaban J connectivity index is 2.64. The van der Waals surface area contributed by atoms with Gasteiger partial charge in [-0.25, -0.2) is 0 Å². The molecule has 0 aliphatic heterocycles. The Morgan fingerprint density at radius 3 is 2.47 bits per heavy atom. The monoisotopic (exact) mass is 250 g/mol. The molecule has 3 heteroatoms. The highest BCUT2D eigenvalue weighted by molar-refractivity contribution is 7.80. The van der Waals surface area contributed by atoms with Crippen LogP contribution in [-0.2, 0) is 0 Å². The van der Waals surface area contributed by atoms with E-state index in [1.54, 1.807) is 0 Å². The maximum atomic E-state index is 5.70. The first-order chi connectivity index (χ1) is 8.00. The summed E-state index contributed by atoms with van der Waals surface area (Å²) >= 11 is 5.05. The Hall–Kier alpha value is -1.09. The fourth-order valence-electron chi connectivity index (χ4n) is 1.74. The Bertz CT molecular complexity index is 374. The number of anilines is 1. The van der Waals surface area contributed by atoms with Gasteiger partial charge in [-0.2, -0.15) is 0 Å². The molecule has 0 radical (unpaired) electrons. The quantitative estimate of drug-likeness (QED) is 0.758. The molecular formula is C14H22N2S. The Morgan fingerprint density at radius 2 is 1.88 bits per heavy atom. The Kier molecular flexibility index (Phi) is 5.42. The molecule has 0 bridgehead atoms. The molecule has 0 heterocycles. The third kappa shape index (κ3) is 4.73. The van der Waals surface area contributed by atoms with Gasteiger partial charge in [0.05, 0.1) is 0 Å². The number of hydrogen-bond donors (Lipinski definition) is 2. The summed E-state index contributed by atoms with van der Waals surface area (Å²) < 4.78 is 0. The zero-order valence-electron chi connectivity index (χ0n) is 10.9. The molecule has 1 aromatic rings. The molecule has 0 saturated heterocycles. The highest BCUT2D eigenvalue weighted by atomic mass is 32.1. The Morgan fingerprint density at radius 1 is 1.24 bits per heavy atom. The molecule has 1 rings (SSSR count). The molecule has 0 aliphatic carbocycles. The lowest BCUT2D eigenvalue weighted by Crippen LogP contribution is -2.19. The normalized spacial score (nSPS) is 12.5. The van der Waals surface area contributed by atoms with Crippen molar-refractivity contribution in [2.24, 2.45) is 11.7 Å². The average Bonchev–Trinajstić information content (AvgIpc) is 2.27. The standard InChI is InChI=1S/C14H22N2S/c1-10(2)8-9-11(3)16-13-7-5-4-6-12(13)14(15)17/h4-7,10-11,16H,8-9H2,1-3H3,(H2,15,17). The minimum absolute atomic E-state index is 0.438. The summed E-state index contributed by atoms with van der Waals surface area (Å²) in [5.41, 5.74) is 7.67. The van der Waals surface area contributed by atoms with Gasteiger partial charge in [0, 0.05) is 17.3 Å². The van der Waals surface area contributed by atoms with Crippen molar-refractivity contribution in [1.29, 1.82) is 0 Å². The second-order valence-corrected chi connectivity index (χ2v) is 5.37. The van der Waals surface area contributed by atoms with E-state index in [4.69, 9.17) is 18.0 Å². The van der Waals surface area contributed by atoms with Crippen LogP contribution >= 0.6 is 12.2 Å². The lowest BCUT2D eigenvalue weighted by Gasteiger charge is -2.18. The van der Waals surface area contributed by atoms with Gasteiger partial charge in [0.15, 0.2) is 0 Å². The van der Waals surface area contributed by atoms with Crippen molar-refractivity contribution in [1.82, 2.24) is 0 Å². The Labute approximate surface area is 110 Å². The largest absolute Gasteiger partial charge is 0.389 e. The van der Waals surface area contributed by atoms with E-state index in [1.165, 1.54) is 6.42 Å². The van der Waals surface area contributed by atoms with E-state index in [9.17, 15) is 0 Å². The van der Waals surface area contributed by atoms with Crippen molar-refractivity contribution in [3.63, 3.8) is 0 Å². The van der Waals surface area contributed by atoms with Crippen LogP contribution < -0.4 is 11.1 Å². The van der Waals surface area contributed by atoms with Gasteiger partial charge in [-0.05, 0) is 37.8 Å². The molecule has 17 heavy (non-hydrogen) atoms. The second-order valence-electron chi connectivity index (χ2n) is 4.93. The minimum atomic E-state index is 0.438. The van der Waals surface area contributed by atoms with Crippen LogP contribution in [0.4, 0.5) is 5.69 Å². The third-order valence-corrected chi connectivity index (χ3v) is 2.99. The van der Waals surface area contributed by atoms with E-state index in [1.807, 2.05) is 24.3 Å². The lowest BCUT2D eigenvalue weighted by atomic mass is 10.0. The van der Waals surface area contributed by atoms with E-state index in [2.05, 4.69) is 26.1 Å². The highest BCUT2D eigenvalue weighted by Gasteiger charge is 2.08. The van der Waals surface area contributed by atoms with E-state index >= 15 is 0 Å². The summed E-state index contributed by atoms with van der Waals surface area (Å²) in [4.78, 5) is 0.448. The number of thiocarbonyl (C=S) groups is 1. The molecular weight excluding hydrogens is 228 g/mol. The van der Waals surface area contributed by atoms with Gasteiger partial charge in [0.25, 0.3) is 0 Å². The van der Waals surface area contributed by atoms with Gasteiger partial charge in [-0.1, -0.05) is 38.2 Å². The van der Waals surface area contributed by atoms with Crippen LogP contribution in [-0.4, -0.2) is 11.0 Å². The average molecular weight is 250 g/mol. The molecule has 3 N–H and O–H groups in total.